The Hall–Kier alpha value is -1.27. The van der Waals surface area contributed by atoms with E-state index in [4.69, 9.17) is 11.6 Å². The molecule has 0 unspecified atom stereocenters. The number of rotatable bonds is 6. The van der Waals surface area contributed by atoms with Crippen molar-refractivity contribution >= 4 is 33.2 Å². The molecule has 0 heterocycles. The van der Waals surface area contributed by atoms with E-state index in [2.05, 4.69) is 10.0 Å². The fraction of sp³-hybridized carbons (Fsp3) is 0.462. The molecule has 0 bridgehead atoms. The van der Waals surface area contributed by atoms with Crippen LogP contribution in [0, 0.1) is 0 Å². The maximum Gasteiger partial charge on any atom is 0.253 e. The monoisotopic (exact) mass is 318 g/mol. The minimum absolute atomic E-state index is 0.104. The topological polar surface area (TPSA) is 75.3 Å². The highest BCUT2D eigenvalue weighted by molar-refractivity contribution is 7.92. The summed E-state index contributed by atoms with van der Waals surface area (Å²) < 4.78 is 24.5. The number of anilines is 1. The first-order valence-electron chi connectivity index (χ1n) is 6.35. The van der Waals surface area contributed by atoms with Crippen molar-refractivity contribution in [2.24, 2.45) is 0 Å². The molecule has 7 heteroatoms. The fourth-order valence-electron chi connectivity index (χ4n) is 1.73. The van der Waals surface area contributed by atoms with E-state index < -0.39 is 10.0 Å². The Morgan fingerprint density at radius 2 is 1.90 bits per heavy atom. The molecular formula is C13H19ClN2O3S. The molecule has 1 amide bonds. The normalized spacial score (nSPS) is 11.4. The zero-order chi connectivity index (χ0) is 15.3. The highest BCUT2D eigenvalue weighted by atomic mass is 35.5. The second-order valence-electron chi connectivity index (χ2n) is 4.56. The van der Waals surface area contributed by atoms with E-state index in [1.165, 1.54) is 18.2 Å². The predicted octanol–water partition coefficient (Wildman–Crippen LogP) is 2.63. The number of hydrogen-bond acceptors (Lipinski definition) is 3. The van der Waals surface area contributed by atoms with Crippen molar-refractivity contribution in [2.75, 3.05) is 11.0 Å². The molecule has 0 atom stereocenters. The smallest absolute Gasteiger partial charge is 0.253 e. The van der Waals surface area contributed by atoms with Gasteiger partial charge in [-0.3, -0.25) is 9.52 Å². The van der Waals surface area contributed by atoms with Crippen molar-refractivity contribution in [3.05, 3.63) is 28.8 Å². The van der Waals surface area contributed by atoms with Crippen LogP contribution in [0.2, 0.25) is 5.02 Å². The Morgan fingerprint density at radius 3 is 2.35 bits per heavy atom. The van der Waals surface area contributed by atoms with Crippen molar-refractivity contribution in [3.63, 3.8) is 0 Å². The zero-order valence-corrected chi connectivity index (χ0v) is 13.3. The summed E-state index contributed by atoms with van der Waals surface area (Å²) in [4.78, 5) is 12.1. The lowest BCUT2D eigenvalue weighted by Gasteiger charge is -2.15. The van der Waals surface area contributed by atoms with E-state index >= 15 is 0 Å². The van der Waals surface area contributed by atoms with Gasteiger partial charge in [-0.15, -0.1) is 0 Å². The summed E-state index contributed by atoms with van der Waals surface area (Å²) in [5.74, 6) is -0.255. The van der Waals surface area contributed by atoms with Crippen LogP contribution in [0.1, 0.15) is 37.0 Å². The summed E-state index contributed by atoms with van der Waals surface area (Å²) in [7, 11) is -3.36. The molecule has 0 aliphatic rings. The van der Waals surface area contributed by atoms with Crippen LogP contribution in [-0.2, 0) is 10.0 Å². The number of benzene rings is 1. The highest BCUT2D eigenvalue weighted by Crippen LogP contribution is 2.22. The van der Waals surface area contributed by atoms with Crippen molar-refractivity contribution in [3.8, 4) is 0 Å². The second kappa shape index (κ2) is 6.95. The van der Waals surface area contributed by atoms with Crippen LogP contribution in [0.5, 0.6) is 0 Å². The Balaban J connectivity index is 2.90. The molecule has 20 heavy (non-hydrogen) atoms. The molecule has 0 radical (unpaired) electrons. The molecule has 0 fully saturated rings. The fourth-order valence-corrected chi connectivity index (χ4v) is 2.55. The number of sulfonamides is 1. The lowest BCUT2D eigenvalue weighted by Crippen LogP contribution is -2.33. The summed E-state index contributed by atoms with van der Waals surface area (Å²) in [6, 6.07) is 4.54. The SMILES string of the molecule is CCC(CC)NC(=O)c1ccc(NS(C)(=O)=O)cc1Cl. The largest absolute Gasteiger partial charge is 0.349 e. The van der Waals surface area contributed by atoms with Gasteiger partial charge in [-0.1, -0.05) is 25.4 Å². The standard InChI is InChI=1S/C13H19ClN2O3S/c1-4-9(5-2)15-13(17)11-7-6-10(8-12(11)14)16-20(3,18)19/h6-9,16H,4-5H2,1-3H3,(H,15,17). The third-order valence-electron chi connectivity index (χ3n) is 2.84. The molecule has 0 saturated heterocycles. The van der Waals surface area contributed by atoms with E-state index in [9.17, 15) is 13.2 Å². The number of hydrogen-bond donors (Lipinski definition) is 2. The Labute approximate surface area is 124 Å². The molecular weight excluding hydrogens is 300 g/mol. The summed E-state index contributed by atoms with van der Waals surface area (Å²) in [5, 5.41) is 3.09. The molecule has 0 aromatic heterocycles. The van der Waals surface area contributed by atoms with Crippen LogP contribution < -0.4 is 10.0 Å². The van der Waals surface area contributed by atoms with E-state index in [0.29, 0.717) is 11.3 Å². The first-order valence-corrected chi connectivity index (χ1v) is 8.62. The number of halogens is 1. The summed E-state index contributed by atoms with van der Waals surface area (Å²) in [6.07, 6.45) is 2.73. The van der Waals surface area contributed by atoms with Crippen LogP contribution in [-0.4, -0.2) is 26.6 Å². The van der Waals surface area contributed by atoms with Gasteiger partial charge in [-0.2, -0.15) is 0 Å². The van der Waals surface area contributed by atoms with Gasteiger partial charge in [0.2, 0.25) is 10.0 Å². The van der Waals surface area contributed by atoms with Crippen LogP contribution >= 0.6 is 11.6 Å². The van der Waals surface area contributed by atoms with Gasteiger partial charge >= 0.3 is 0 Å². The lowest BCUT2D eigenvalue weighted by molar-refractivity contribution is 0.0935. The summed E-state index contributed by atoms with van der Waals surface area (Å²) in [5.41, 5.74) is 0.661. The van der Waals surface area contributed by atoms with Crippen molar-refractivity contribution in [1.29, 1.82) is 0 Å². The second-order valence-corrected chi connectivity index (χ2v) is 6.71. The average Bonchev–Trinajstić information content (AvgIpc) is 2.33. The van der Waals surface area contributed by atoms with E-state index in [1.807, 2.05) is 13.8 Å². The lowest BCUT2D eigenvalue weighted by atomic mass is 10.1. The molecule has 1 rings (SSSR count). The van der Waals surface area contributed by atoms with Crippen LogP contribution in [0.3, 0.4) is 0 Å². The quantitative estimate of drug-likeness (QED) is 0.846. The van der Waals surface area contributed by atoms with Gasteiger partial charge in [0.1, 0.15) is 0 Å². The van der Waals surface area contributed by atoms with E-state index in [1.54, 1.807) is 0 Å². The van der Waals surface area contributed by atoms with E-state index in [-0.39, 0.29) is 17.0 Å². The number of carbonyl (C=O) groups is 1. The van der Waals surface area contributed by atoms with Gasteiger partial charge in [-0.25, -0.2) is 8.42 Å². The molecule has 1 aromatic rings. The predicted molar refractivity (Wildman–Crippen MR) is 81.8 cm³/mol. The first kappa shape index (κ1) is 16.8. The Kier molecular flexibility index (Phi) is 5.83. The molecule has 0 aliphatic heterocycles. The minimum Gasteiger partial charge on any atom is -0.349 e. The van der Waals surface area contributed by atoms with Crippen LogP contribution in [0.15, 0.2) is 18.2 Å². The number of nitrogens with one attached hydrogen (secondary N) is 2. The number of amides is 1. The first-order chi connectivity index (χ1) is 9.26. The molecule has 5 nitrogen and oxygen atoms in total. The average molecular weight is 319 g/mol. The van der Waals surface area contributed by atoms with Crippen molar-refractivity contribution in [2.45, 2.75) is 32.7 Å². The zero-order valence-electron chi connectivity index (χ0n) is 11.7. The Morgan fingerprint density at radius 1 is 1.30 bits per heavy atom. The maximum atomic E-state index is 12.1. The third-order valence-corrected chi connectivity index (χ3v) is 3.76. The molecule has 2 N–H and O–H groups in total. The van der Waals surface area contributed by atoms with Crippen molar-refractivity contribution < 1.29 is 13.2 Å². The molecule has 112 valence electrons. The van der Waals surface area contributed by atoms with Gasteiger partial charge in [-0.05, 0) is 31.0 Å². The van der Waals surface area contributed by atoms with Crippen molar-refractivity contribution in [1.82, 2.24) is 5.32 Å². The number of carbonyl (C=O) groups excluding carboxylic acids is 1. The van der Waals surface area contributed by atoms with Gasteiger partial charge < -0.3 is 5.32 Å². The maximum absolute atomic E-state index is 12.1. The summed E-state index contributed by atoms with van der Waals surface area (Å²) in [6.45, 7) is 3.99. The molecule has 1 aromatic carbocycles. The molecule has 0 aliphatic carbocycles. The minimum atomic E-state index is -3.36. The van der Waals surface area contributed by atoms with E-state index in [0.717, 1.165) is 19.1 Å². The van der Waals surface area contributed by atoms with Gasteiger partial charge in [0, 0.05) is 11.7 Å². The van der Waals surface area contributed by atoms with Gasteiger partial charge in [0.15, 0.2) is 0 Å². The van der Waals surface area contributed by atoms with Gasteiger partial charge in [0.05, 0.1) is 16.8 Å². The third kappa shape index (κ3) is 5.02. The summed E-state index contributed by atoms with van der Waals surface area (Å²) >= 11 is 6.03. The van der Waals surface area contributed by atoms with Crippen LogP contribution in [0.25, 0.3) is 0 Å². The molecule has 0 saturated carbocycles. The Bertz CT molecular complexity index is 583. The highest BCUT2D eigenvalue weighted by Gasteiger charge is 2.14. The van der Waals surface area contributed by atoms with Crippen LogP contribution in [0.4, 0.5) is 5.69 Å². The van der Waals surface area contributed by atoms with Gasteiger partial charge in [0.25, 0.3) is 5.91 Å². The molecule has 0 spiro atoms.